The topological polar surface area (TPSA) is 9.23 Å². The van der Waals surface area contributed by atoms with Crippen LogP contribution in [0.2, 0.25) is 0 Å². The molecule has 1 saturated carbocycles. The second kappa shape index (κ2) is 6.91. The number of hydrogen-bond donors (Lipinski definition) is 0. The summed E-state index contributed by atoms with van der Waals surface area (Å²) in [5.41, 5.74) is 1.25. The summed E-state index contributed by atoms with van der Waals surface area (Å²) in [4.78, 5) is 0. The molecule has 0 aromatic heterocycles. The van der Waals surface area contributed by atoms with Gasteiger partial charge in [-0.05, 0) is 36.5 Å². The number of benzene rings is 1. The monoisotopic (exact) mass is 360 g/mol. The summed E-state index contributed by atoms with van der Waals surface area (Å²) < 4.78 is 7.16. The van der Waals surface area contributed by atoms with Gasteiger partial charge < -0.3 is 4.74 Å². The SMILES string of the molecule is BrCC(OCC1CCCC1)c1ccc(Br)cc1. The molecular weight excluding hydrogens is 344 g/mol. The van der Waals surface area contributed by atoms with E-state index in [4.69, 9.17) is 4.74 Å². The van der Waals surface area contributed by atoms with Crippen molar-refractivity contribution >= 4 is 31.9 Å². The normalized spacial score (nSPS) is 18.5. The third-order valence-corrected chi connectivity index (χ3v) is 4.51. The maximum atomic E-state index is 6.04. The highest BCUT2D eigenvalue weighted by Gasteiger charge is 2.18. The average molecular weight is 362 g/mol. The first-order valence-electron chi connectivity index (χ1n) is 6.22. The third-order valence-electron chi connectivity index (χ3n) is 3.39. The first kappa shape index (κ1) is 13.6. The Morgan fingerprint density at radius 2 is 1.82 bits per heavy atom. The zero-order valence-electron chi connectivity index (χ0n) is 9.87. The molecule has 1 fully saturated rings. The Kier molecular flexibility index (Phi) is 5.51. The summed E-state index contributed by atoms with van der Waals surface area (Å²) >= 11 is 7.00. The van der Waals surface area contributed by atoms with E-state index in [-0.39, 0.29) is 6.10 Å². The quantitative estimate of drug-likeness (QED) is 0.663. The lowest BCUT2D eigenvalue weighted by molar-refractivity contribution is 0.0444. The molecule has 94 valence electrons. The van der Waals surface area contributed by atoms with Crippen molar-refractivity contribution in [3.05, 3.63) is 34.3 Å². The first-order valence-corrected chi connectivity index (χ1v) is 8.14. The van der Waals surface area contributed by atoms with E-state index in [9.17, 15) is 0 Å². The van der Waals surface area contributed by atoms with Gasteiger partial charge in [-0.1, -0.05) is 56.8 Å². The van der Waals surface area contributed by atoms with Crippen molar-refractivity contribution in [2.45, 2.75) is 31.8 Å². The van der Waals surface area contributed by atoms with Crippen LogP contribution in [0.5, 0.6) is 0 Å². The molecule has 1 aromatic carbocycles. The Hall–Kier alpha value is 0.140. The fourth-order valence-electron chi connectivity index (χ4n) is 2.34. The number of alkyl halides is 1. The van der Waals surface area contributed by atoms with Crippen LogP contribution in [0.4, 0.5) is 0 Å². The Morgan fingerprint density at radius 3 is 2.41 bits per heavy atom. The minimum Gasteiger partial charge on any atom is -0.372 e. The molecule has 1 aliphatic rings. The lowest BCUT2D eigenvalue weighted by Gasteiger charge is -2.18. The molecular formula is C14H18Br2O. The van der Waals surface area contributed by atoms with E-state index >= 15 is 0 Å². The highest BCUT2D eigenvalue weighted by Crippen LogP contribution is 2.28. The second-order valence-electron chi connectivity index (χ2n) is 4.68. The van der Waals surface area contributed by atoms with Crippen LogP contribution >= 0.6 is 31.9 Å². The van der Waals surface area contributed by atoms with Crippen molar-refractivity contribution in [1.29, 1.82) is 0 Å². The molecule has 0 heterocycles. The van der Waals surface area contributed by atoms with Crippen molar-refractivity contribution in [3.63, 3.8) is 0 Å². The molecule has 1 nitrogen and oxygen atoms in total. The Morgan fingerprint density at radius 1 is 1.18 bits per heavy atom. The van der Waals surface area contributed by atoms with Crippen LogP contribution in [0.15, 0.2) is 28.7 Å². The van der Waals surface area contributed by atoms with Gasteiger partial charge in [-0.3, -0.25) is 0 Å². The zero-order valence-corrected chi connectivity index (χ0v) is 13.0. The first-order chi connectivity index (χ1) is 8.29. The molecule has 0 spiro atoms. The van der Waals surface area contributed by atoms with Gasteiger partial charge in [-0.2, -0.15) is 0 Å². The van der Waals surface area contributed by atoms with Gasteiger partial charge in [0, 0.05) is 9.80 Å². The predicted octanol–water partition coefficient (Wildman–Crippen LogP) is 5.09. The Bertz CT molecular complexity index is 331. The average Bonchev–Trinajstić information content (AvgIpc) is 2.85. The molecule has 0 radical (unpaired) electrons. The van der Waals surface area contributed by atoms with Crippen LogP contribution in [0.25, 0.3) is 0 Å². The van der Waals surface area contributed by atoms with E-state index < -0.39 is 0 Å². The lowest BCUT2D eigenvalue weighted by atomic mass is 10.1. The molecule has 0 aliphatic heterocycles. The van der Waals surface area contributed by atoms with Gasteiger partial charge in [0.2, 0.25) is 0 Å². The summed E-state index contributed by atoms with van der Waals surface area (Å²) in [6.45, 7) is 0.909. The number of halogens is 2. The standard InChI is InChI=1S/C14H18Br2O/c15-9-14(12-5-7-13(16)8-6-12)17-10-11-3-1-2-4-11/h5-8,11,14H,1-4,9-10H2. The summed E-state index contributed by atoms with van der Waals surface area (Å²) in [7, 11) is 0. The summed E-state index contributed by atoms with van der Waals surface area (Å²) in [6, 6.07) is 8.41. The van der Waals surface area contributed by atoms with Gasteiger partial charge in [0.25, 0.3) is 0 Å². The number of hydrogen-bond acceptors (Lipinski definition) is 1. The minimum absolute atomic E-state index is 0.184. The maximum absolute atomic E-state index is 6.04. The summed E-state index contributed by atoms with van der Waals surface area (Å²) in [6.07, 6.45) is 5.63. The van der Waals surface area contributed by atoms with Crippen LogP contribution in [-0.4, -0.2) is 11.9 Å². The fraction of sp³-hybridized carbons (Fsp3) is 0.571. The largest absolute Gasteiger partial charge is 0.372 e. The van der Waals surface area contributed by atoms with Crippen LogP contribution in [0.1, 0.15) is 37.4 Å². The third kappa shape index (κ3) is 4.08. The molecule has 2 rings (SSSR count). The van der Waals surface area contributed by atoms with Crippen LogP contribution in [-0.2, 0) is 4.74 Å². The molecule has 1 aliphatic carbocycles. The smallest absolute Gasteiger partial charge is 0.0921 e. The fourth-order valence-corrected chi connectivity index (χ4v) is 3.16. The van der Waals surface area contributed by atoms with Gasteiger partial charge in [0.05, 0.1) is 12.7 Å². The summed E-state index contributed by atoms with van der Waals surface area (Å²) in [5.74, 6) is 0.784. The van der Waals surface area contributed by atoms with Crippen molar-refractivity contribution < 1.29 is 4.74 Å². The van der Waals surface area contributed by atoms with Crippen LogP contribution in [0, 0.1) is 5.92 Å². The molecule has 1 atom stereocenters. The molecule has 1 aromatic rings. The van der Waals surface area contributed by atoms with Gasteiger partial charge in [-0.25, -0.2) is 0 Å². The van der Waals surface area contributed by atoms with E-state index in [1.165, 1.54) is 31.2 Å². The highest BCUT2D eigenvalue weighted by atomic mass is 79.9. The van der Waals surface area contributed by atoms with E-state index in [2.05, 4.69) is 56.1 Å². The Labute approximate surface area is 120 Å². The molecule has 3 heteroatoms. The van der Waals surface area contributed by atoms with Crippen LogP contribution < -0.4 is 0 Å². The molecule has 1 unspecified atom stereocenters. The molecule has 0 amide bonds. The van der Waals surface area contributed by atoms with E-state index in [0.717, 1.165) is 22.3 Å². The predicted molar refractivity (Wildman–Crippen MR) is 78.6 cm³/mol. The Balaban J connectivity index is 1.89. The van der Waals surface area contributed by atoms with Gasteiger partial charge in [0.1, 0.15) is 0 Å². The minimum atomic E-state index is 0.184. The van der Waals surface area contributed by atoms with Crippen molar-refractivity contribution in [1.82, 2.24) is 0 Å². The number of rotatable bonds is 5. The van der Waals surface area contributed by atoms with Gasteiger partial charge >= 0.3 is 0 Å². The highest BCUT2D eigenvalue weighted by molar-refractivity contribution is 9.10. The molecule has 0 saturated heterocycles. The zero-order chi connectivity index (χ0) is 12.1. The van der Waals surface area contributed by atoms with Crippen molar-refractivity contribution in [2.75, 3.05) is 11.9 Å². The number of ether oxygens (including phenoxy) is 1. The van der Waals surface area contributed by atoms with E-state index in [0.29, 0.717) is 0 Å². The van der Waals surface area contributed by atoms with E-state index in [1.54, 1.807) is 0 Å². The summed E-state index contributed by atoms with van der Waals surface area (Å²) in [5, 5.41) is 0.862. The van der Waals surface area contributed by atoms with Crippen molar-refractivity contribution in [3.8, 4) is 0 Å². The van der Waals surface area contributed by atoms with Gasteiger partial charge in [0.15, 0.2) is 0 Å². The molecule has 0 N–H and O–H groups in total. The second-order valence-corrected chi connectivity index (χ2v) is 6.24. The van der Waals surface area contributed by atoms with Gasteiger partial charge in [-0.15, -0.1) is 0 Å². The van der Waals surface area contributed by atoms with Crippen molar-refractivity contribution in [2.24, 2.45) is 5.92 Å². The van der Waals surface area contributed by atoms with Crippen LogP contribution in [0.3, 0.4) is 0 Å². The maximum Gasteiger partial charge on any atom is 0.0921 e. The lowest BCUT2D eigenvalue weighted by Crippen LogP contribution is -2.12. The molecule has 17 heavy (non-hydrogen) atoms. The molecule has 0 bridgehead atoms. The van der Waals surface area contributed by atoms with E-state index in [1.807, 2.05) is 0 Å².